The molecule has 1 heterocycles. The zero-order chi connectivity index (χ0) is 25.0. The van der Waals surface area contributed by atoms with E-state index in [1.807, 2.05) is 50.2 Å². The molecule has 0 radical (unpaired) electrons. The van der Waals surface area contributed by atoms with Gasteiger partial charge >= 0.3 is 11.6 Å². The van der Waals surface area contributed by atoms with Gasteiger partial charge in [-0.2, -0.15) is 0 Å². The number of aliphatic carboxylic acids is 1. The molecular formula is C27H31NO6. The van der Waals surface area contributed by atoms with Crippen molar-refractivity contribution in [1.29, 1.82) is 0 Å². The average Bonchev–Trinajstić information content (AvgIpc) is 2.82. The molecule has 3 aromatic rings. The fourth-order valence-electron chi connectivity index (χ4n) is 3.90. The van der Waals surface area contributed by atoms with Gasteiger partial charge in [-0.25, -0.2) is 9.59 Å². The molecule has 3 unspecified atom stereocenters. The summed E-state index contributed by atoms with van der Waals surface area (Å²) in [5.74, 6) is -1.44. The molecule has 2 aromatic carbocycles. The van der Waals surface area contributed by atoms with Gasteiger partial charge in [-0.05, 0) is 49.9 Å². The molecule has 3 atom stereocenters. The number of rotatable bonds is 9. The van der Waals surface area contributed by atoms with Crippen molar-refractivity contribution in [2.24, 2.45) is 5.92 Å². The van der Waals surface area contributed by atoms with Crippen LogP contribution in [0.2, 0.25) is 0 Å². The number of carboxylic acids is 1. The van der Waals surface area contributed by atoms with Gasteiger partial charge in [0.05, 0.1) is 0 Å². The highest BCUT2D eigenvalue weighted by molar-refractivity contribution is 5.88. The number of aryl methyl sites for hydroxylation is 2. The standard InChI is InChI=1S/C27H31NO6/c1-6-15(2)23(26(30)31)28-25(29)18(5)33-22-13-12-20-16(3)21(14-19-10-8-7-9-11-19)27(32)34-24(20)17(22)4/h7-13,15,18,23H,6,14H2,1-5H3,(H,28,29)(H,30,31). The number of fused-ring (bicyclic) bond motifs is 1. The molecule has 3 rings (SSSR count). The van der Waals surface area contributed by atoms with Gasteiger partial charge in [-0.3, -0.25) is 4.79 Å². The summed E-state index contributed by atoms with van der Waals surface area (Å²) in [4.78, 5) is 36.9. The molecule has 0 aliphatic heterocycles. The topological polar surface area (TPSA) is 106 Å². The van der Waals surface area contributed by atoms with Crippen molar-refractivity contribution in [2.75, 3.05) is 0 Å². The van der Waals surface area contributed by atoms with Crippen LogP contribution in [0.3, 0.4) is 0 Å². The second kappa shape index (κ2) is 10.5. The molecule has 2 N–H and O–H groups in total. The SMILES string of the molecule is CCC(C)C(NC(=O)C(C)Oc1ccc2c(C)c(Cc3ccccc3)c(=O)oc2c1C)C(=O)O. The highest BCUT2D eigenvalue weighted by atomic mass is 16.5. The van der Waals surface area contributed by atoms with E-state index in [9.17, 15) is 19.5 Å². The number of hydrogen-bond donors (Lipinski definition) is 2. The number of carboxylic acid groups (broad SMARTS) is 1. The van der Waals surface area contributed by atoms with Crippen molar-refractivity contribution in [1.82, 2.24) is 5.32 Å². The van der Waals surface area contributed by atoms with E-state index in [0.29, 0.717) is 35.3 Å². The number of carbonyl (C=O) groups is 2. The Bertz CT molecular complexity index is 1250. The molecule has 0 saturated heterocycles. The molecule has 1 aromatic heterocycles. The van der Waals surface area contributed by atoms with Gasteiger partial charge in [0.25, 0.3) is 5.91 Å². The van der Waals surface area contributed by atoms with Crippen LogP contribution >= 0.6 is 0 Å². The molecule has 34 heavy (non-hydrogen) atoms. The Kier molecular flexibility index (Phi) is 7.76. The monoisotopic (exact) mass is 465 g/mol. The fraction of sp³-hybridized carbons (Fsp3) is 0.370. The van der Waals surface area contributed by atoms with E-state index in [2.05, 4.69) is 5.32 Å². The van der Waals surface area contributed by atoms with Gasteiger partial charge < -0.3 is 19.6 Å². The summed E-state index contributed by atoms with van der Waals surface area (Å²) < 4.78 is 11.5. The van der Waals surface area contributed by atoms with Crippen LogP contribution in [0, 0.1) is 19.8 Å². The maximum Gasteiger partial charge on any atom is 0.340 e. The maximum absolute atomic E-state index is 12.8. The van der Waals surface area contributed by atoms with Crippen molar-refractivity contribution in [3.63, 3.8) is 0 Å². The smallest absolute Gasteiger partial charge is 0.340 e. The predicted molar refractivity (Wildman–Crippen MR) is 130 cm³/mol. The molecule has 180 valence electrons. The average molecular weight is 466 g/mol. The van der Waals surface area contributed by atoms with Crippen LogP contribution in [0.25, 0.3) is 11.0 Å². The van der Waals surface area contributed by atoms with E-state index in [-0.39, 0.29) is 5.92 Å². The Morgan fingerprint density at radius 1 is 1.06 bits per heavy atom. The molecule has 0 saturated carbocycles. The lowest BCUT2D eigenvalue weighted by Crippen LogP contribution is -2.49. The number of ether oxygens (including phenoxy) is 1. The number of benzene rings is 2. The highest BCUT2D eigenvalue weighted by Gasteiger charge is 2.28. The first-order valence-corrected chi connectivity index (χ1v) is 11.4. The molecule has 7 nitrogen and oxygen atoms in total. The molecular weight excluding hydrogens is 434 g/mol. The zero-order valence-corrected chi connectivity index (χ0v) is 20.2. The quantitative estimate of drug-likeness (QED) is 0.454. The fourth-order valence-corrected chi connectivity index (χ4v) is 3.90. The lowest BCUT2D eigenvalue weighted by atomic mass is 9.98. The molecule has 0 spiro atoms. The largest absolute Gasteiger partial charge is 0.480 e. The minimum atomic E-state index is -1.08. The van der Waals surface area contributed by atoms with Crippen LogP contribution < -0.4 is 15.7 Å². The first-order chi connectivity index (χ1) is 16.1. The lowest BCUT2D eigenvalue weighted by molar-refractivity contribution is -0.144. The molecule has 0 aliphatic carbocycles. The van der Waals surface area contributed by atoms with Gasteiger partial charge in [-0.15, -0.1) is 0 Å². The number of hydrogen-bond acceptors (Lipinski definition) is 5. The van der Waals surface area contributed by atoms with E-state index >= 15 is 0 Å². The normalized spacial score (nSPS) is 13.8. The Balaban J connectivity index is 1.86. The third-order valence-corrected chi connectivity index (χ3v) is 6.33. The van der Waals surface area contributed by atoms with Gasteiger partial charge in [0.1, 0.15) is 17.4 Å². The van der Waals surface area contributed by atoms with Crippen LogP contribution in [0.5, 0.6) is 5.75 Å². The predicted octanol–water partition coefficient (Wildman–Crippen LogP) is 4.38. The van der Waals surface area contributed by atoms with Crippen LogP contribution in [0.1, 0.15) is 49.4 Å². The van der Waals surface area contributed by atoms with E-state index < -0.39 is 29.6 Å². The summed E-state index contributed by atoms with van der Waals surface area (Å²) in [6.07, 6.45) is 0.147. The molecule has 7 heteroatoms. The van der Waals surface area contributed by atoms with Crippen LogP contribution in [0.4, 0.5) is 0 Å². The van der Waals surface area contributed by atoms with E-state index in [0.717, 1.165) is 16.5 Å². The summed E-state index contributed by atoms with van der Waals surface area (Å²) in [7, 11) is 0. The summed E-state index contributed by atoms with van der Waals surface area (Å²) in [6.45, 7) is 8.86. The first kappa shape index (κ1) is 25.0. The van der Waals surface area contributed by atoms with Crippen LogP contribution in [0.15, 0.2) is 51.7 Å². The number of carbonyl (C=O) groups excluding carboxylic acids is 1. The van der Waals surface area contributed by atoms with Crippen molar-refractivity contribution in [3.8, 4) is 5.75 Å². The first-order valence-electron chi connectivity index (χ1n) is 11.4. The van der Waals surface area contributed by atoms with Crippen molar-refractivity contribution in [2.45, 2.75) is 59.6 Å². The van der Waals surface area contributed by atoms with Gasteiger partial charge in [-0.1, -0.05) is 50.6 Å². The third-order valence-electron chi connectivity index (χ3n) is 6.33. The second-order valence-electron chi connectivity index (χ2n) is 8.69. The zero-order valence-electron chi connectivity index (χ0n) is 20.2. The molecule has 0 fully saturated rings. The summed E-state index contributed by atoms with van der Waals surface area (Å²) in [5.41, 5.74) is 3.06. The minimum Gasteiger partial charge on any atom is -0.480 e. The van der Waals surface area contributed by atoms with E-state index in [1.165, 1.54) is 0 Å². The van der Waals surface area contributed by atoms with Gasteiger partial charge in [0, 0.05) is 22.9 Å². The maximum atomic E-state index is 12.8. The van der Waals surface area contributed by atoms with E-state index in [1.54, 1.807) is 26.8 Å². The Labute approximate surface area is 198 Å². The van der Waals surface area contributed by atoms with Gasteiger partial charge in [0.15, 0.2) is 6.10 Å². The number of nitrogens with one attached hydrogen (secondary N) is 1. The minimum absolute atomic E-state index is 0.224. The van der Waals surface area contributed by atoms with E-state index in [4.69, 9.17) is 9.15 Å². The molecule has 1 amide bonds. The van der Waals surface area contributed by atoms with Crippen molar-refractivity contribution in [3.05, 3.63) is 75.1 Å². The summed E-state index contributed by atoms with van der Waals surface area (Å²) in [6, 6.07) is 12.3. The number of amides is 1. The third kappa shape index (κ3) is 5.30. The second-order valence-corrected chi connectivity index (χ2v) is 8.69. The van der Waals surface area contributed by atoms with Gasteiger partial charge in [0.2, 0.25) is 0 Å². The Morgan fingerprint density at radius 3 is 2.35 bits per heavy atom. The summed E-state index contributed by atoms with van der Waals surface area (Å²) in [5, 5.41) is 12.8. The van der Waals surface area contributed by atoms with Crippen molar-refractivity contribution >= 4 is 22.8 Å². The summed E-state index contributed by atoms with van der Waals surface area (Å²) >= 11 is 0. The molecule has 0 bridgehead atoms. The molecule has 0 aliphatic rings. The lowest BCUT2D eigenvalue weighted by Gasteiger charge is -2.23. The van der Waals surface area contributed by atoms with Crippen LogP contribution in [-0.2, 0) is 16.0 Å². The van der Waals surface area contributed by atoms with Crippen molar-refractivity contribution < 1.29 is 23.8 Å². The Morgan fingerprint density at radius 2 is 1.74 bits per heavy atom. The highest BCUT2D eigenvalue weighted by Crippen LogP contribution is 2.30. The Hall–Kier alpha value is -3.61. The van der Waals surface area contributed by atoms with Crippen LogP contribution in [-0.4, -0.2) is 29.1 Å².